The molecule has 0 spiro atoms. The number of halogens is 2. The number of alkyl halides is 1. The van der Waals surface area contributed by atoms with Gasteiger partial charge in [0, 0.05) is 18.5 Å². The van der Waals surface area contributed by atoms with Crippen LogP contribution < -0.4 is 0 Å². The number of rotatable bonds is 4. The van der Waals surface area contributed by atoms with Crippen molar-refractivity contribution in [2.45, 2.75) is 25.3 Å². The van der Waals surface area contributed by atoms with E-state index in [9.17, 15) is 4.79 Å². The molecule has 0 atom stereocenters. The predicted molar refractivity (Wildman–Crippen MR) is 68.7 cm³/mol. The van der Waals surface area contributed by atoms with Crippen molar-refractivity contribution in [3.63, 3.8) is 0 Å². The molecule has 0 aliphatic heterocycles. The molecule has 1 amide bonds. The van der Waals surface area contributed by atoms with Gasteiger partial charge in [-0.25, -0.2) is 0 Å². The summed E-state index contributed by atoms with van der Waals surface area (Å²) in [5.74, 6) is 0.559. The van der Waals surface area contributed by atoms with E-state index in [0.29, 0.717) is 27.7 Å². The van der Waals surface area contributed by atoms with Crippen LogP contribution in [-0.4, -0.2) is 29.3 Å². The zero-order valence-corrected chi connectivity index (χ0v) is 11.1. The van der Waals surface area contributed by atoms with Crippen molar-refractivity contribution in [2.75, 3.05) is 12.4 Å². The monoisotopic (exact) mass is 277 g/mol. The van der Waals surface area contributed by atoms with Gasteiger partial charge in [0.05, 0.1) is 9.21 Å². The summed E-state index contributed by atoms with van der Waals surface area (Å²) in [4.78, 5) is 14.8. The van der Waals surface area contributed by atoms with Gasteiger partial charge in [-0.3, -0.25) is 4.79 Å². The van der Waals surface area contributed by atoms with E-state index >= 15 is 0 Å². The van der Waals surface area contributed by atoms with E-state index in [0.717, 1.165) is 12.8 Å². The van der Waals surface area contributed by atoms with Crippen LogP contribution in [0, 0.1) is 0 Å². The number of nitrogens with zero attached hydrogens (tertiary/aromatic N) is 1. The van der Waals surface area contributed by atoms with Crippen LogP contribution in [0.5, 0.6) is 0 Å². The van der Waals surface area contributed by atoms with Gasteiger partial charge in [0.2, 0.25) is 0 Å². The van der Waals surface area contributed by atoms with E-state index in [4.69, 9.17) is 23.2 Å². The molecule has 0 saturated heterocycles. The smallest absolute Gasteiger partial charge is 0.264 e. The van der Waals surface area contributed by atoms with Gasteiger partial charge in [-0.1, -0.05) is 11.6 Å². The van der Waals surface area contributed by atoms with Gasteiger partial charge in [-0.05, 0) is 31.4 Å². The number of thiophene rings is 1. The summed E-state index contributed by atoms with van der Waals surface area (Å²) in [6.07, 6.45) is 3.41. The molecule has 88 valence electrons. The average molecular weight is 278 g/mol. The third-order valence-corrected chi connectivity index (χ3v) is 4.27. The minimum atomic E-state index is 0.0715. The van der Waals surface area contributed by atoms with E-state index in [2.05, 4.69) is 0 Å². The van der Waals surface area contributed by atoms with Crippen LogP contribution in [0.15, 0.2) is 12.1 Å². The minimum Gasteiger partial charge on any atom is -0.334 e. The van der Waals surface area contributed by atoms with Gasteiger partial charge < -0.3 is 4.90 Å². The molecule has 2 nitrogen and oxygen atoms in total. The number of hydrogen-bond donors (Lipinski definition) is 0. The molecule has 16 heavy (non-hydrogen) atoms. The van der Waals surface area contributed by atoms with Gasteiger partial charge >= 0.3 is 0 Å². The molecule has 1 saturated carbocycles. The first-order chi connectivity index (χ1) is 7.72. The topological polar surface area (TPSA) is 20.3 Å². The fourth-order valence-electron chi connectivity index (χ4n) is 1.81. The molecule has 5 heteroatoms. The highest BCUT2D eigenvalue weighted by Crippen LogP contribution is 2.29. The van der Waals surface area contributed by atoms with Crippen LogP contribution in [0.4, 0.5) is 0 Å². The maximum atomic E-state index is 12.2. The number of amides is 1. The van der Waals surface area contributed by atoms with E-state index in [1.54, 1.807) is 12.1 Å². The van der Waals surface area contributed by atoms with Crippen LogP contribution in [-0.2, 0) is 0 Å². The lowest BCUT2D eigenvalue weighted by Crippen LogP contribution is -2.45. The number of carbonyl (C=O) groups is 1. The lowest BCUT2D eigenvalue weighted by Gasteiger charge is -2.37. The fraction of sp³-hybridized carbons (Fsp3) is 0.545. The molecule has 1 heterocycles. The normalized spacial score (nSPS) is 15.9. The summed E-state index contributed by atoms with van der Waals surface area (Å²) in [7, 11) is 0. The molecule has 1 fully saturated rings. The first-order valence-corrected chi connectivity index (χ1v) is 7.07. The largest absolute Gasteiger partial charge is 0.334 e. The van der Waals surface area contributed by atoms with Crippen molar-refractivity contribution in [3.8, 4) is 0 Å². The summed E-state index contributed by atoms with van der Waals surface area (Å²) < 4.78 is 0.655. The molecule has 1 aliphatic carbocycles. The Morgan fingerprint density at radius 3 is 2.69 bits per heavy atom. The Morgan fingerprint density at radius 2 is 2.25 bits per heavy atom. The summed E-state index contributed by atoms with van der Waals surface area (Å²) in [5, 5.41) is 0. The number of hydrogen-bond acceptors (Lipinski definition) is 2. The van der Waals surface area contributed by atoms with Crippen LogP contribution >= 0.6 is 34.5 Å². The SMILES string of the molecule is O=C(c1ccc(Cl)s1)N(CCCl)C1CCC1. The maximum absolute atomic E-state index is 12.2. The Labute approximate surface area is 109 Å². The molecule has 1 aromatic heterocycles. The third kappa shape index (κ3) is 2.53. The fourth-order valence-corrected chi connectivity index (χ4v) is 2.99. The molecule has 0 unspecified atom stereocenters. The van der Waals surface area contributed by atoms with Gasteiger partial charge in [-0.2, -0.15) is 0 Å². The van der Waals surface area contributed by atoms with E-state index in [1.807, 2.05) is 4.90 Å². The Balaban J connectivity index is 2.09. The van der Waals surface area contributed by atoms with Gasteiger partial charge in [-0.15, -0.1) is 22.9 Å². The van der Waals surface area contributed by atoms with Crippen LogP contribution in [0.1, 0.15) is 28.9 Å². The number of carbonyl (C=O) groups excluding carboxylic acids is 1. The average Bonchev–Trinajstić information content (AvgIpc) is 2.60. The van der Waals surface area contributed by atoms with E-state index in [1.165, 1.54) is 17.8 Å². The van der Waals surface area contributed by atoms with Crippen LogP contribution in [0.3, 0.4) is 0 Å². The van der Waals surface area contributed by atoms with Crippen LogP contribution in [0.2, 0.25) is 4.34 Å². The van der Waals surface area contributed by atoms with Crippen molar-refractivity contribution in [2.24, 2.45) is 0 Å². The first kappa shape index (κ1) is 12.2. The van der Waals surface area contributed by atoms with E-state index < -0.39 is 0 Å². The highest BCUT2D eigenvalue weighted by atomic mass is 35.5. The summed E-state index contributed by atoms with van der Waals surface area (Å²) >= 11 is 12.9. The minimum absolute atomic E-state index is 0.0715. The third-order valence-electron chi connectivity index (χ3n) is 2.89. The van der Waals surface area contributed by atoms with Crippen molar-refractivity contribution < 1.29 is 4.79 Å². The molecule has 2 rings (SSSR count). The molecule has 1 aliphatic rings. The van der Waals surface area contributed by atoms with Crippen LogP contribution in [0.25, 0.3) is 0 Å². The molecule has 0 aromatic carbocycles. The molecule has 0 bridgehead atoms. The Kier molecular flexibility index (Phi) is 4.11. The standard InChI is InChI=1S/C11H13Cl2NOS/c12-6-7-14(8-2-1-3-8)11(15)9-4-5-10(13)16-9/h4-5,8H,1-3,6-7H2. The Morgan fingerprint density at radius 1 is 1.50 bits per heavy atom. The Bertz CT molecular complexity index is 376. The lowest BCUT2D eigenvalue weighted by molar-refractivity contribution is 0.0603. The quantitative estimate of drug-likeness (QED) is 0.770. The second kappa shape index (κ2) is 5.39. The summed E-state index contributed by atoms with van der Waals surface area (Å²) in [6, 6.07) is 3.93. The highest BCUT2D eigenvalue weighted by molar-refractivity contribution is 7.17. The second-order valence-corrected chi connectivity index (χ2v) is 5.97. The molecular weight excluding hydrogens is 265 g/mol. The maximum Gasteiger partial charge on any atom is 0.264 e. The predicted octanol–water partition coefficient (Wildman–Crippen LogP) is 3.64. The van der Waals surface area contributed by atoms with Gasteiger partial charge in [0.1, 0.15) is 0 Å². The zero-order valence-electron chi connectivity index (χ0n) is 8.79. The molecular formula is C11H13Cl2NOS. The van der Waals surface area contributed by atoms with Gasteiger partial charge in [0.25, 0.3) is 5.91 Å². The molecule has 0 radical (unpaired) electrons. The van der Waals surface area contributed by atoms with Crippen molar-refractivity contribution in [3.05, 3.63) is 21.3 Å². The first-order valence-electron chi connectivity index (χ1n) is 5.34. The second-order valence-electron chi connectivity index (χ2n) is 3.88. The summed E-state index contributed by atoms with van der Waals surface area (Å²) in [6.45, 7) is 0.626. The lowest BCUT2D eigenvalue weighted by atomic mass is 9.91. The zero-order chi connectivity index (χ0) is 11.5. The Hall–Kier alpha value is -0.250. The summed E-state index contributed by atoms with van der Waals surface area (Å²) in [5.41, 5.74) is 0. The van der Waals surface area contributed by atoms with E-state index in [-0.39, 0.29) is 5.91 Å². The van der Waals surface area contributed by atoms with Gasteiger partial charge in [0.15, 0.2) is 0 Å². The van der Waals surface area contributed by atoms with Crippen molar-refractivity contribution in [1.82, 2.24) is 4.90 Å². The van der Waals surface area contributed by atoms with Crippen molar-refractivity contribution >= 4 is 40.4 Å². The molecule has 1 aromatic rings. The van der Waals surface area contributed by atoms with Crippen molar-refractivity contribution in [1.29, 1.82) is 0 Å². The highest BCUT2D eigenvalue weighted by Gasteiger charge is 2.29. The molecule has 0 N–H and O–H groups in total.